The van der Waals surface area contributed by atoms with Gasteiger partial charge in [0.25, 0.3) is 0 Å². The van der Waals surface area contributed by atoms with E-state index in [9.17, 15) is 13.2 Å². The fourth-order valence-electron chi connectivity index (χ4n) is 0.907. The quantitative estimate of drug-likeness (QED) is 0.822. The number of nitrogen functional groups attached to an aromatic ring is 1. The molecule has 0 fully saturated rings. The summed E-state index contributed by atoms with van der Waals surface area (Å²) >= 11 is 5.68. The van der Waals surface area contributed by atoms with Gasteiger partial charge in [-0.15, -0.1) is 0 Å². The van der Waals surface area contributed by atoms with E-state index >= 15 is 0 Å². The zero-order valence-electron chi connectivity index (χ0n) is 7.64. The molecule has 0 heterocycles. The number of ether oxygens (including phenoxy) is 1. The molecule has 0 amide bonds. The van der Waals surface area contributed by atoms with Crippen LogP contribution in [0.5, 0.6) is 5.75 Å². The summed E-state index contributed by atoms with van der Waals surface area (Å²) < 4.78 is 40.3. The Morgan fingerprint density at radius 2 is 2.00 bits per heavy atom. The maximum absolute atomic E-state index is 11.8. The molecule has 0 saturated carbocycles. The van der Waals surface area contributed by atoms with Crippen molar-refractivity contribution < 1.29 is 17.9 Å². The molecule has 1 aromatic carbocycles. The van der Waals surface area contributed by atoms with Gasteiger partial charge in [-0.3, -0.25) is 0 Å². The molecule has 0 atom stereocenters. The lowest BCUT2D eigenvalue weighted by molar-refractivity contribution is -0.139. The second kappa shape index (κ2) is 4.61. The molecule has 0 bridgehead atoms. The highest BCUT2D eigenvalue weighted by molar-refractivity contribution is 6.32. The van der Waals surface area contributed by atoms with Crippen LogP contribution in [0.2, 0.25) is 5.02 Å². The minimum atomic E-state index is -4.23. The smallest absolute Gasteiger partial charge is 0.392 e. The number of alkyl halides is 3. The molecule has 0 spiro atoms. The first-order chi connectivity index (χ1) is 6.88. The summed E-state index contributed by atoms with van der Waals surface area (Å²) in [5.41, 5.74) is 5.81. The number of hydrogen-bond donors (Lipinski definition) is 1. The number of anilines is 1. The summed E-state index contributed by atoms with van der Waals surface area (Å²) in [6.07, 6.45) is -5.25. The first kappa shape index (κ1) is 12.0. The van der Waals surface area contributed by atoms with E-state index in [1.165, 1.54) is 12.1 Å². The van der Waals surface area contributed by atoms with Crippen LogP contribution in [0.15, 0.2) is 18.2 Å². The molecule has 2 N–H and O–H groups in total. The Balaban J connectivity index is 2.54. The number of nitrogens with two attached hydrogens (primary N) is 1. The van der Waals surface area contributed by atoms with Crippen LogP contribution in [-0.4, -0.2) is 12.8 Å². The predicted octanol–water partition coefficient (Wildman–Crippen LogP) is 3.25. The summed E-state index contributed by atoms with van der Waals surface area (Å²) in [5, 5.41) is 0.242. The lowest BCUT2D eigenvalue weighted by Crippen LogP contribution is -2.13. The van der Waals surface area contributed by atoms with Crippen molar-refractivity contribution in [1.29, 1.82) is 0 Å². The van der Waals surface area contributed by atoms with Gasteiger partial charge in [-0.2, -0.15) is 13.2 Å². The standard InChI is InChI=1S/C9H9ClF3NO/c10-7-2-1-6(14)5-8(7)15-4-3-9(11,12)13/h1-2,5H,3-4,14H2. The molecule has 6 heteroatoms. The molecule has 0 aliphatic carbocycles. The van der Waals surface area contributed by atoms with Crippen LogP contribution < -0.4 is 10.5 Å². The number of benzene rings is 1. The highest BCUT2D eigenvalue weighted by Crippen LogP contribution is 2.27. The molecule has 0 aliphatic rings. The van der Waals surface area contributed by atoms with E-state index in [1.54, 1.807) is 6.07 Å². The van der Waals surface area contributed by atoms with Crippen molar-refractivity contribution in [3.63, 3.8) is 0 Å². The van der Waals surface area contributed by atoms with Gasteiger partial charge in [-0.25, -0.2) is 0 Å². The first-order valence-corrected chi connectivity index (χ1v) is 4.51. The van der Waals surface area contributed by atoms with Gasteiger partial charge in [0.05, 0.1) is 18.1 Å². The Morgan fingerprint density at radius 1 is 1.33 bits per heavy atom. The van der Waals surface area contributed by atoms with E-state index < -0.39 is 19.2 Å². The average Bonchev–Trinajstić information content (AvgIpc) is 2.09. The second-order valence-electron chi connectivity index (χ2n) is 2.90. The van der Waals surface area contributed by atoms with Crippen LogP contribution in [-0.2, 0) is 0 Å². The highest BCUT2D eigenvalue weighted by atomic mass is 35.5. The van der Waals surface area contributed by atoms with Gasteiger partial charge in [0.2, 0.25) is 0 Å². The molecule has 1 aromatic rings. The van der Waals surface area contributed by atoms with Crippen molar-refractivity contribution in [2.24, 2.45) is 0 Å². The molecular formula is C9H9ClF3NO. The van der Waals surface area contributed by atoms with Gasteiger partial charge in [-0.05, 0) is 12.1 Å². The van der Waals surface area contributed by atoms with Crippen LogP contribution in [0.1, 0.15) is 6.42 Å². The minimum Gasteiger partial charge on any atom is -0.492 e. The number of halogens is 4. The lowest BCUT2D eigenvalue weighted by atomic mass is 10.3. The van der Waals surface area contributed by atoms with E-state index in [0.717, 1.165) is 0 Å². The maximum Gasteiger partial charge on any atom is 0.392 e. The molecule has 0 aliphatic heterocycles. The topological polar surface area (TPSA) is 35.2 Å². The highest BCUT2D eigenvalue weighted by Gasteiger charge is 2.26. The molecule has 15 heavy (non-hydrogen) atoms. The first-order valence-electron chi connectivity index (χ1n) is 4.13. The fourth-order valence-corrected chi connectivity index (χ4v) is 1.08. The monoisotopic (exact) mass is 239 g/mol. The summed E-state index contributed by atoms with van der Waals surface area (Å²) in [5.74, 6) is 0.168. The molecule has 0 unspecified atom stereocenters. The van der Waals surface area contributed by atoms with Gasteiger partial charge < -0.3 is 10.5 Å². The van der Waals surface area contributed by atoms with Crippen LogP contribution in [0.4, 0.5) is 18.9 Å². The van der Waals surface area contributed by atoms with Crippen LogP contribution in [0.25, 0.3) is 0 Å². The molecule has 84 valence electrons. The Labute approximate surface area is 89.8 Å². The van der Waals surface area contributed by atoms with E-state index in [0.29, 0.717) is 5.69 Å². The Hall–Kier alpha value is -1.10. The van der Waals surface area contributed by atoms with Crippen molar-refractivity contribution in [3.05, 3.63) is 23.2 Å². The van der Waals surface area contributed by atoms with Gasteiger partial charge in [0.1, 0.15) is 5.75 Å². The maximum atomic E-state index is 11.8. The third-order valence-electron chi connectivity index (χ3n) is 1.60. The van der Waals surface area contributed by atoms with E-state index in [2.05, 4.69) is 0 Å². The Kier molecular flexibility index (Phi) is 3.68. The van der Waals surface area contributed by atoms with E-state index in [-0.39, 0.29) is 10.8 Å². The van der Waals surface area contributed by atoms with Gasteiger partial charge in [-0.1, -0.05) is 11.6 Å². The summed E-state index contributed by atoms with van der Waals surface area (Å²) in [4.78, 5) is 0. The molecule has 1 rings (SSSR count). The lowest BCUT2D eigenvalue weighted by Gasteiger charge is -2.10. The van der Waals surface area contributed by atoms with E-state index in [4.69, 9.17) is 22.1 Å². The zero-order valence-corrected chi connectivity index (χ0v) is 8.40. The van der Waals surface area contributed by atoms with Crippen LogP contribution in [0, 0.1) is 0 Å². The average molecular weight is 240 g/mol. The Bertz CT molecular complexity index is 341. The molecule has 0 aromatic heterocycles. The Morgan fingerprint density at radius 3 is 2.60 bits per heavy atom. The zero-order chi connectivity index (χ0) is 11.5. The molecule has 0 saturated heterocycles. The minimum absolute atomic E-state index is 0.168. The number of hydrogen-bond acceptors (Lipinski definition) is 2. The van der Waals surface area contributed by atoms with Crippen LogP contribution in [0.3, 0.4) is 0 Å². The van der Waals surface area contributed by atoms with Gasteiger partial charge >= 0.3 is 6.18 Å². The van der Waals surface area contributed by atoms with Crippen molar-refractivity contribution in [3.8, 4) is 5.75 Å². The van der Waals surface area contributed by atoms with Crippen molar-refractivity contribution in [2.45, 2.75) is 12.6 Å². The second-order valence-corrected chi connectivity index (χ2v) is 3.31. The van der Waals surface area contributed by atoms with Crippen molar-refractivity contribution in [2.75, 3.05) is 12.3 Å². The van der Waals surface area contributed by atoms with Crippen molar-refractivity contribution >= 4 is 17.3 Å². The summed E-state index contributed by atoms with van der Waals surface area (Å²) in [7, 11) is 0. The molecule has 2 nitrogen and oxygen atoms in total. The SMILES string of the molecule is Nc1ccc(Cl)c(OCCC(F)(F)F)c1. The predicted molar refractivity (Wildman–Crippen MR) is 52.0 cm³/mol. The number of rotatable bonds is 3. The van der Waals surface area contributed by atoms with Crippen molar-refractivity contribution in [1.82, 2.24) is 0 Å². The fraction of sp³-hybridized carbons (Fsp3) is 0.333. The van der Waals surface area contributed by atoms with E-state index in [1.807, 2.05) is 0 Å². The molecule has 0 radical (unpaired) electrons. The third-order valence-corrected chi connectivity index (χ3v) is 1.91. The van der Waals surface area contributed by atoms with Gasteiger partial charge in [0.15, 0.2) is 0 Å². The largest absolute Gasteiger partial charge is 0.492 e. The molecular weight excluding hydrogens is 231 g/mol. The third kappa shape index (κ3) is 4.29. The normalized spacial score (nSPS) is 11.5. The van der Waals surface area contributed by atoms with Crippen LogP contribution >= 0.6 is 11.6 Å². The van der Waals surface area contributed by atoms with Gasteiger partial charge in [0, 0.05) is 11.8 Å². The summed E-state index contributed by atoms with van der Waals surface area (Å²) in [6.45, 7) is -0.466. The summed E-state index contributed by atoms with van der Waals surface area (Å²) in [6, 6.07) is 4.40.